The fourth-order valence-corrected chi connectivity index (χ4v) is 7.65. The molecule has 0 spiro atoms. The molecule has 0 aliphatic heterocycles. The predicted octanol–water partition coefficient (Wildman–Crippen LogP) is 15.5. The Hall–Kier alpha value is -1.47. The van der Waals surface area contributed by atoms with Crippen LogP contribution in [-0.4, -0.2) is 41.0 Å². The number of esters is 2. The zero-order valence-electron chi connectivity index (χ0n) is 38.0. The number of unbranched alkanes of at least 4 members (excludes halogenated alkanes) is 32. The van der Waals surface area contributed by atoms with Gasteiger partial charge < -0.3 is 19.3 Å². The fraction of sp³-hybridized carbons (Fsp3) is 0.878. The molecule has 1 atom stereocenters. The molecule has 0 aliphatic rings. The Bertz CT molecular complexity index is 993. The van der Waals surface area contributed by atoms with Crippen LogP contribution in [0.2, 0.25) is 0 Å². The molecule has 58 heavy (non-hydrogen) atoms. The first-order valence-corrected chi connectivity index (χ1v) is 26.2. The van der Waals surface area contributed by atoms with Gasteiger partial charge >= 0.3 is 19.8 Å². The molecule has 0 bridgehead atoms. The van der Waals surface area contributed by atoms with E-state index in [-0.39, 0.29) is 19.4 Å². The summed E-state index contributed by atoms with van der Waals surface area (Å²) in [6.45, 7) is 3.70. The molecule has 0 rings (SSSR count). The molecular weight excluding hydrogens is 748 g/mol. The molecule has 0 aromatic carbocycles. The molecular formula is C49H93O8P. The predicted molar refractivity (Wildman–Crippen MR) is 244 cm³/mol. The lowest BCUT2D eigenvalue weighted by Crippen LogP contribution is -2.29. The lowest BCUT2D eigenvalue weighted by molar-refractivity contribution is -0.161. The van der Waals surface area contributed by atoms with Crippen LogP contribution in [0, 0.1) is 0 Å². The van der Waals surface area contributed by atoms with Crippen LogP contribution in [0.25, 0.3) is 0 Å². The van der Waals surface area contributed by atoms with Crippen molar-refractivity contribution in [3.8, 4) is 0 Å². The van der Waals surface area contributed by atoms with Gasteiger partial charge in [-0.25, -0.2) is 4.57 Å². The van der Waals surface area contributed by atoms with E-state index < -0.39 is 32.5 Å². The Kier molecular flexibility index (Phi) is 43.9. The second kappa shape index (κ2) is 45.1. The largest absolute Gasteiger partial charge is 0.469 e. The van der Waals surface area contributed by atoms with Gasteiger partial charge in [0.25, 0.3) is 0 Å². The molecule has 0 aromatic rings. The van der Waals surface area contributed by atoms with Crippen LogP contribution in [0.3, 0.4) is 0 Å². The number of rotatable bonds is 46. The summed E-state index contributed by atoms with van der Waals surface area (Å²) in [6.07, 6.45) is 53.4. The van der Waals surface area contributed by atoms with Crippen LogP contribution in [-0.2, 0) is 28.2 Å². The lowest BCUT2D eigenvalue weighted by Gasteiger charge is -2.18. The SMILES string of the molecule is CCCCC/C=C/C/C=C/CCCCCCCCCC(=O)O[C@H](COC(=O)CCCCCCCCCCCCCCCCCCCCCCCCC)COP(=O)(O)O. The van der Waals surface area contributed by atoms with Crippen molar-refractivity contribution < 1.29 is 37.9 Å². The van der Waals surface area contributed by atoms with Gasteiger partial charge in [0.05, 0.1) is 6.61 Å². The minimum atomic E-state index is -4.76. The summed E-state index contributed by atoms with van der Waals surface area (Å²) in [5.74, 6) is -0.880. The summed E-state index contributed by atoms with van der Waals surface area (Å²) in [4.78, 5) is 43.0. The number of carbonyl (C=O) groups is 2. The van der Waals surface area contributed by atoms with Gasteiger partial charge in [-0.1, -0.05) is 224 Å². The van der Waals surface area contributed by atoms with Gasteiger partial charge in [-0.2, -0.15) is 0 Å². The van der Waals surface area contributed by atoms with Crippen LogP contribution in [0.15, 0.2) is 24.3 Å². The molecule has 342 valence electrons. The van der Waals surface area contributed by atoms with Gasteiger partial charge in [0, 0.05) is 12.8 Å². The Morgan fingerprint density at radius 3 is 1.17 bits per heavy atom. The number of phosphoric ester groups is 1. The maximum Gasteiger partial charge on any atom is 0.469 e. The molecule has 2 N–H and O–H groups in total. The molecule has 0 aliphatic carbocycles. The van der Waals surface area contributed by atoms with Crippen molar-refractivity contribution in [2.45, 2.75) is 264 Å². The highest BCUT2D eigenvalue weighted by atomic mass is 31.2. The smallest absolute Gasteiger partial charge is 0.462 e. The number of carbonyl (C=O) groups excluding carboxylic acids is 2. The van der Waals surface area contributed by atoms with Crippen molar-refractivity contribution >= 4 is 19.8 Å². The van der Waals surface area contributed by atoms with Gasteiger partial charge in [0.2, 0.25) is 0 Å². The summed E-state index contributed by atoms with van der Waals surface area (Å²) >= 11 is 0. The third-order valence-electron chi connectivity index (χ3n) is 11.0. The Morgan fingerprint density at radius 1 is 0.448 bits per heavy atom. The molecule has 0 saturated carbocycles. The number of allylic oxidation sites excluding steroid dienone is 4. The van der Waals surface area contributed by atoms with E-state index in [0.717, 1.165) is 51.4 Å². The highest BCUT2D eigenvalue weighted by Crippen LogP contribution is 2.36. The van der Waals surface area contributed by atoms with E-state index in [1.165, 1.54) is 173 Å². The fourth-order valence-electron chi connectivity index (χ4n) is 7.29. The van der Waals surface area contributed by atoms with Crippen molar-refractivity contribution in [1.29, 1.82) is 0 Å². The molecule has 0 unspecified atom stereocenters. The second-order valence-corrected chi connectivity index (χ2v) is 18.0. The Balaban J connectivity index is 3.79. The molecule has 0 heterocycles. The quantitative estimate of drug-likeness (QED) is 0.0269. The zero-order valence-corrected chi connectivity index (χ0v) is 38.9. The Morgan fingerprint density at radius 2 is 0.776 bits per heavy atom. The normalized spacial score (nSPS) is 12.6. The zero-order chi connectivity index (χ0) is 42.5. The third-order valence-corrected chi connectivity index (χ3v) is 11.5. The van der Waals surface area contributed by atoms with E-state index in [0.29, 0.717) is 6.42 Å². The molecule has 0 fully saturated rings. The first-order valence-electron chi connectivity index (χ1n) is 24.6. The van der Waals surface area contributed by atoms with E-state index in [9.17, 15) is 14.2 Å². The van der Waals surface area contributed by atoms with E-state index in [1.807, 2.05) is 0 Å². The first kappa shape index (κ1) is 56.5. The standard InChI is InChI=1S/C49H93O8P/c1-3-5-7-9-11-13-15-17-19-21-22-23-24-25-26-28-29-31-33-35-37-39-41-43-48(50)55-45-47(46-56-58(52,53)54)57-49(51)44-42-40-38-36-34-32-30-27-20-18-16-14-12-10-8-6-4-2/h12,14,18,20,47H,3-11,13,15-17,19,21-46H2,1-2H3,(H2,52,53,54)/b14-12+,20-18+/t47-/m1/s1. The van der Waals surface area contributed by atoms with Gasteiger partial charge in [0.15, 0.2) is 6.10 Å². The average molecular weight is 841 g/mol. The minimum absolute atomic E-state index is 0.206. The van der Waals surface area contributed by atoms with Crippen LogP contribution >= 0.6 is 7.82 Å². The number of hydrogen-bond acceptors (Lipinski definition) is 6. The maximum atomic E-state index is 12.4. The molecule has 8 nitrogen and oxygen atoms in total. The Labute approximate surface area is 358 Å². The summed E-state index contributed by atoms with van der Waals surface area (Å²) < 4.78 is 26.5. The van der Waals surface area contributed by atoms with Crippen molar-refractivity contribution in [2.24, 2.45) is 0 Å². The van der Waals surface area contributed by atoms with Crippen molar-refractivity contribution in [3.05, 3.63) is 24.3 Å². The molecule has 9 heteroatoms. The van der Waals surface area contributed by atoms with E-state index in [2.05, 4.69) is 42.7 Å². The van der Waals surface area contributed by atoms with Crippen LogP contribution < -0.4 is 0 Å². The lowest BCUT2D eigenvalue weighted by atomic mass is 10.0. The molecule has 0 saturated heterocycles. The molecule has 0 amide bonds. The molecule has 0 aromatic heterocycles. The minimum Gasteiger partial charge on any atom is -0.462 e. The van der Waals surface area contributed by atoms with Gasteiger partial charge in [-0.15, -0.1) is 0 Å². The van der Waals surface area contributed by atoms with Crippen LogP contribution in [0.5, 0.6) is 0 Å². The van der Waals surface area contributed by atoms with Crippen molar-refractivity contribution in [1.82, 2.24) is 0 Å². The van der Waals surface area contributed by atoms with Crippen molar-refractivity contribution in [3.63, 3.8) is 0 Å². The van der Waals surface area contributed by atoms with Crippen LogP contribution in [0.1, 0.15) is 258 Å². The number of phosphoric acid groups is 1. The third kappa shape index (κ3) is 47.2. The number of hydrogen-bond donors (Lipinski definition) is 2. The van der Waals surface area contributed by atoms with E-state index in [4.69, 9.17) is 19.3 Å². The summed E-state index contributed by atoms with van der Waals surface area (Å²) in [7, 11) is -4.76. The highest BCUT2D eigenvalue weighted by molar-refractivity contribution is 7.46. The first-order chi connectivity index (χ1) is 28.3. The van der Waals surface area contributed by atoms with Gasteiger partial charge in [-0.05, 0) is 44.9 Å². The molecule has 0 radical (unpaired) electrons. The summed E-state index contributed by atoms with van der Waals surface area (Å²) in [5.41, 5.74) is 0. The summed E-state index contributed by atoms with van der Waals surface area (Å²) in [5, 5.41) is 0. The van der Waals surface area contributed by atoms with Gasteiger partial charge in [0.1, 0.15) is 6.61 Å². The maximum absolute atomic E-state index is 12.4. The monoisotopic (exact) mass is 841 g/mol. The van der Waals surface area contributed by atoms with Crippen molar-refractivity contribution in [2.75, 3.05) is 13.2 Å². The summed E-state index contributed by atoms with van der Waals surface area (Å²) in [6, 6.07) is 0. The van der Waals surface area contributed by atoms with Crippen LogP contribution in [0.4, 0.5) is 0 Å². The average Bonchev–Trinajstić information content (AvgIpc) is 3.20. The topological polar surface area (TPSA) is 119 Å². The van der Waals surface area contributed by atoms with Gasteiger partial charge in [-0.3, -0.25) is 14.1 Å². The van der Waals surface area contributed by atoms with E-state index in [1.54, 1.807) is 0 Å². The number of ether oxygens (including phenoxy) is 2. The van der Waals surface area contributed by atoms with E-state index >= 15 is 0 Å². The second-order valence-electron chi connectivity index (χ2n) is 16.8. The highest BCUT2D eigenvalue weighted by Gasteiger charge is 2.23.